The molecule has 3 N–H and O–H groups in total. The summed E-state index contributed by atoms with van der Waals surface area (Å²) in [5.74, 6) is -0.562. The molecule has 0 saturated carbocycles. The fourth-order valence-electron chi connectivity index (χ4n) is 3.97. The molecule has 3 rings (SSSR count). The van der Waals surface area contributed by atoms with E-state index in [0.29, 0.717) is 49.7 Å². The van der Waals surface area contributed by atoms with E-state index < -0.39 is 18.3 Å². The van der Waals surface area contributed by atoms with Gasteiger partial charge in [0.1, 0.15) is 6.61 Å². The van der Waals surface area contributed by atoms with Crippen LogP contribution in [-0.2, 0) is 19.0 Å². The number of fused-ring (bicyclic) bond motifs is 2. The van der Waals surface area contributed by atoms with Crippen molar-refractivity contribution in [1.29, 1.82) is 0 Å². The molecule has 0 unspecified atom stereocenters. The Kier molecular flexibility index (Phi) is 12.6. The van der Waals surface area contributed by atoms with Gasteiger partial charge in [-0.25, -0.2) is 14.4 Å². The molecule has 0 bridgehead atoms. The Hall–Kier alpha value is -4.85. The first kappa shape index (κ1) is 32.7. The second-order valence-electron chi connectivity index (χ2n) is 9.20. The third-order valence-corrected chi connectivity index (χ3v) is 5.97. The van der Waals surface area contributed by atoms with E-state index in [0.717, 1.165) is 0 Å². The molecule has 0 spiro atoms. The quantitative estimate of drug-likeness (QED) is 0.129. The maximum atomic E-state index is 12.7. The molecule has 232 valence electrons. The average Bonchev–Trinajstić information content (AvgIpc) is 3.43. The molecular formula is C29H35N3O11. The summed E-state index contributed by atoms with van der Waals surface area (Å²) in [7, 11) is 1.23. The Bertz CT molecular complexity index is 1450. The van der Waals surface area contributed by atoms with Crippen LogP contribution in [0.1, 0.15) is 43.7 Å². The maximum absolute atomic E-state index is 12.7. The minimum atomic E-state index is -0.748. The number of ether oxygens (including phenoxy) is 5. The molecule has 1 aromatic heterocycles. The van der Waals surface area contributed by atoms with Crippen molar-refractivity contribution in [3.05, 3.63) is 36.1 Å². The molecule has 0 atom stereocenters. The van der Waals surface area contributed by atoms with E-state index in [1.807, 2.05) is 0 Å². The van der Waals surface area contributed by atoms with Crippen LogP contribution in [0.5, 0.6) is 11.5 Å². The highest BCUT2D eigenvalue weighted by atomic mass is 16.7. The first-order valence-electron chi connectivity index (χ1n) is 13.7. The van der Waals surface area contributed by atoms with Crippen molar-refractivity contribution in [1.82, 2.24) is 16.0 Å². The van der Waals surface area contributed by atoms with Gasteiger partial charge in [-0.1, -0.05) is 24.3 Å². The van der Waals surface area contributed by atoms with Crippen LogP contribution < -0.4 is 25.4 Å². The van der Waals surface area contributed by atoms with Crippen LogP contribution in [0.15, 0.2) is 34.7 Å². The van der Waals surface area contributed by atoms with Gasteiger partial charge in [0, 0.05) is 50.8 Å². The summed E-state index contributed by atoms with van der Waals surface area (Å²) >= 11 is 0. The van der Waals surface area contributed by atoms with Gasteiger partial charge in [0.2, 0.25) is 0 Å². The van der Waals surface area contributed by atoms with Crippen molar-refractivity contribution in [2.24, 2.45) is 0 Å². The van der Waals surface area contributed by atoms with E-state index in [1.54, 1.807) is 24.3 Å². The lowest BCUT2D eigenvalue weighted by Gasteiger charge is -2.14. The number of nitrogens with one attached hydrogen (secondary N) is 3. The molecule has 14 nitrogen and oxygen atoms in total. The fraction of sp³-hybridized carbons (Fsp3) is 0.414. The lowest BCUT2D eigenvalue weighted by molar-refractivity contribution is -0.140. The predicted octanol–water partition coefficient (Wildman–Crippen LogP) is 4.07. The van der Waals surface area contributed by atoms with Crippen LogP contribution in [0.25, 0.3) is 21.7 Å². The number of benzene rings is 2. The zero-order chi connectivity index (χ0) is 31.2. The highest BCUT2D eigenvalue weighted by Gasteiger charge is 2.24. The first-order chi connectivity index (χ1) is 20.7. The minimum absolute atomic E-state index is 0.00743. The summed E-state index contributed by atoms with van der Waals surface area (Å²) in [6, 6.07) is 8.24. The molecular weight excluding hydrogens is 566 g/mol. The Morgan fingerprint density at radius 2 is 1.42 bits per heavy atom. The van der Waals surface area contributed by atoms with E-state index >= 15 is 0 Å². The van der Waals surface area contributed by atoms with Crippen molar-refractivity contribution in [3.8, 4) is 11.5 Å². The number of hydrogen-bond donors (Lipinski definition) is 3. The van der Waals surface area contributed by atoms with Crippen LogP contribution in [0.3, 0.4) is 0 Å². The molecule has 0 aliphatic heterocycles. The zero-order valence-electron chi connectivity index (χ0n) is 24.2. The lowest BCUT2D eigenvalue weighted by atomic mass is 10.1. The van der Waals surface area contributed by atoms with Crippen LogP contribution in [0.2, 0.25) is 0 Å². The number of esters is 1. The topological polar surface area (TPSA) is 181 Å². The number of rotatable bonds is 15. The highest BCUT2D eigenvalue weighted by Crippen LogP contribution is 2.44. The number of carbonyl (C=O) groups is 5. The molecule has 14 heteroatoms. The van der Waals surface area contributed by atoms with Gasteiger partial charge in [0.25, 0.3) is 0 Å². The van der Waals surface area contributed by atoms with Crippen LogP contribution >= 0.6 is 0 Å². The molecule has 2 amide bonds. The van der Waals surface area contributed by atoms with E-state index in [-0.39, 0.29) is 59.7 Å². The number of amides is 2. The van der Waals surface area contributed by atoms with E-state index in [2.05, 4.69) is 20.7 Å². The standard InChI is InChI=1S/C29H35N3O11/c1-18(33)23-17-22-24(42-28(36)32-13-12-30-14-16-39-19(2)34)20-9-5-6-10-21(20)25(26(22)41-23)43-27(35)31-11-7-4-8-15-40-29(37)38-3/h5-6,9-10,17,30H,4,7-8,11-16H2,1-3H3,(H,31,35)(H,32,36). The van der Waals surface area contributed by atoms with Crippen molar-refractivity contribution in [2.45, 2.75) is 33.1 Å². The largest absolute Gasteiger partial charge is 0.507 e. The second kappa shape index (κ2) is 16.6. The third-order valence-electron chi connectivity index (χ3n) is 5.97. The van der Waals surface area contributed by atoms with Crippen molar-refractivity contribution >= 4 is 51.8 Å². The van der Waals surface area contributed by atoms with Crippen LogP contribution in [-0.4, -0.2) is 76.6 Å². The molecule has 0 saturated heterocycles. The van der Waals surface area contributed by atoms with Gasteiger partial charge in [-0.3, -0.25) is 9.59 Å². The molecule has 0 aliphatic carbocycles. The van der Waals surface area contributed by atoms with Crippen molar-refractivity contribution in [2.75, 3.05) is 46.5 Å². The van der Waals surface area contributed by atoms with Gasteiger partial charge in [-0.2, -0.15) is 0 Å². The molecule has 0 radical (unpaired) electrons. The Morgan fingerprint density at radius 3 is 2.09 bits per heavy atom. The average molecular weight is 602 g/mol. The number of ketones is 1. The smallest absolute Gasteiger partial charge is 0.465 e. The predicted molar refractivity (Wildman–Crippen MR) is 153 cm³/mol. The monoisotopic (exact) mass is 601 g/mol. The molecule has 0 aliphatic rings. The number of Topliss-reactive ketones (excluding diaryl/α,β-unsaturated/α-hetero) is 1. The number of carbonyl (C=O) groups excluding carboxylic acids is 5. The summed E-state index contributed by atoms with van der Waals surface area (Å²) < 4.78 is 31.2. The number of furan rings is 1. The lowest BCUT2D eigenvalue weighted by Crippen LogP contribution is -2.34. The van der Waals surface area contributed by atoms with Gasteiger partial charge >= 0.3 is 24.3 Å². The summed E-state index contributed by atoms with van der Waals surface area (Å²) in [4.78, 5) is 59.3. The molecule has 43 heavy (non-hydrogen) atoms. The highest BCUT2D eigenvalue weighted by molar-refractivity contribution is 6.12. The van der Waals surface area contributed by atoms with Gasteiger partial charge in [0.05, 0.1) is 19.1 Å². The van der Waals surface area contributed by atoms with Gasteiger partial charge in [0.15, 0.2) is 28.6 Å². The summed E-state index contributed by atoms with van der Waals surface area (Å²) in [5, 5.41) is 9.46. The van der Waals surface area contributed by atoms with Crippen molar-refractivity contribution < 1.29 is 52.1 Å². The van der Waals surface area contributed by atoms with Crippen molar-refractivity contribution in [3.63, 3.8) is 0 Å². The summed E-state index contributed by atoms with van der Waals surface area (Å²) in [5.41, 5.74) is 0.0638. The normalized spacial score (nSPS) is 10.7. The molecule has 0 fully saturated rings. The summed E-state index contributed by atoms with van der Waals surface area (Å²) in [6.45, 7) is 4.41. The first-order valence-corrected chi connectivity index (χ1v) is 13.7. The zero-order valence-corrected chi connectivity index (χ0v) is 24.2. The minimum Gasteiger partial charge on any atom is -0.465 e. The molecule has 3 aromatic rings. The molecule has 2 aromatic carbocycles. The van der Waals surface area contributed by atoms with Gasteiger partial charge < -0.3 is 44.1 Å². The number of unbranched alkanes of at least 4 members (excludes halogenated alkanes) is 2. The fourth-order valence-corrected chi connectivity index (χ4v) is 3.97. The van der Waals surface area contributed by atoms with Crippen LogP contribution in [0, 0.1) is 0 Å². The van der Waals surface area contributed by atoms with E-state index in [1.165, 1.54) is 27.0 Å². The van der Waals surface area contributed by atoms with Gasteiger partial charge in [-0.05, 0) is 25.3 Å². The second-order valence-corrected chi connectivity index (χ2v) is 9.20. The van der Waals surface area contributed by atoms with Gasteiger partial charge in [-0.15, -0.1) is 0 Å². The summed E-state index contributed by atoms with van der Waals surface area (Å²) in [6.07, 6.45) is -0.353. The number of hydrogen-bond acceptors (Lipinski definition) is 12. The number of methoxy groups -OCH3 is 1. The third kappa shape index (κ3) is 9.88. The Labute approximate surface area is 247 Å². The maximum Gasteiger partial charge on any atom is 0.507 e. The Morgan fingerprint density at radius 1 is 0.744 bits per heavy atom. The van der Waals surface area contributed by atoms with E-state index in [4.69, 9.17) is 23.4 Å². The Balaban J connectivity index is 1.70. The van der Waals surface area contributed by atoms with E-state index in [9.17, 15) is 24.0 Å². The SMILES string of the molecule is COC(=O)OCCCCCNC(=O)Oc1c2ccccc2c(OC(=O)NCCNCCOC(C)=O)c2cc(C(C)=O)oc12. The van der Waals surface area contributed by atoms with Crippen LogP contribution in [0.4, 0.5) is 14.4 Å². The molecule has 1 heterocycles.